The Morgan fingerprint density at radius 2 is 1.68 bits per heavy atom. The van der Waals surface area contributed by atoms with Crippen molar-refractivity contribution in [1.82, 2.24) is 0 Å². The zero-order valence-corrected chi connectivity index (χ0v) is 20.8. The van der Waals surface area contributed by atoms with Crippen LogP contribution in [0.15, 0.2) is 47.6 Å². The maximum atomic E-state index is 10.2. The molecule has 31 heavy (non-hydrogen) atoms. The van der Waals surface area contributed by atoms with Crippen LogP contribution in [0.4, 0.5) is 0 Å². The third-order valence-electron chi connectivity index (χ3n) is 9.04. The molecule has 2 N–H and O–H groups in total. The lowest BCUT2D eigenvalue weighted by Crippen LogP contribution is -2.35. The summed E-state index contributed by atoms with van der Waals surface area (Å²) in [5.41, 5.74) is 4.01. The minimum absolute atomic E-state index is 0.319. The Hall–Kier alpha value is -1.12. The van der Waals surface area contributed by atoms with Crippen molar-refractivity contribution in [2.45, 2.75) is 98.7 Å². The molecule has 7 atom stereocenters. The standard InChI is InChI=1S/C29H46O2/c1-19(10-11-20(2)28(4,5)6)24-14-15-25-23(9-8-16-29(24,25)7)13-12-22-17-26(30)21(3)27(31)18-22/h10-13,19-20,24-27,30-31H,3,8-9,14-18H2,1-2,4-7H3/b11-10+,23-13+/t19-,20-,24?,25?,26-,27-,29-/m1/s1. The van der Waals surface area contributed by atoms with Gasteiger partial charge in [-0.05, 0) is 85.0 Å². The first-order valence-corrected chi connectivity index (χ1v) is 12.5. The van der Waals surface area contributed by atoms with Crippen molar-refractivity contribution in [3.8, 4) is 0 Å². The van der Waals surface area contributed by atoms with Crippen molar-refractivity contribution in [1.29, 1.82) is 0 Å². The second-order valence-corrected chi connectivity index (χ2v) is 12.1. The third kappa shape index (κ3) is 5.28. The molecule has 0 aromatic heterocycles. The molecular formula is C29H46O2. The normalized spacial score (nSPS) is 37.9. The predicted molar refractivity (Wildman–Crippen MR) is 132 cm³/mol. The molecule has 3 aliphatic rings. The van der Waals surface area contributed by atoms with E-state index >= 15 is 0 Å². The maximum absolute atomic E-state index is 10.2. The number of aliphatic hydroxyl groups is 2. The monoisotopic (exact) mass is 426 g/mol. The van der Waals surface area contributed by atoms with E-state index in [0.29, 0.717) is 47.0 Å². The molecule has 2 heteroatoms. The average molecular weight is 427 g/mol. The first-order chi connectivity index (χ1) is 14.4. The zero-order chi connectivity index (χ0) is 23.0. The summed E-state index contributed by atoms with van der Waals surface area (Å²) in [7, 11) is 0. The highest BCUT2D eigenvalue weighted by molar-refractivity contribution is 5.29. The highest BCUT2D eigenvalue weighted by Crippen LogP contribution is 2.59. The van der Waals surface area contributed by atoms with Gasteiger partial charge in [0.2, 0.25) is 0 Å². The number of allylic oxidation sites excluding steroid dienone is 5. The molecule has 2 nitrogen and oxygen atoms in total. The number of hydrogen-bond acceptors (Lipinski definition) is 2. The number of hydrogen-bond donors (Lipinski definition) is 2. The Bertz CT molecular complexity index is 733. The summed E-state index contributed by atoms with van der Waals surface area (Å²) in [5, 5.41) is 20.3. The first kappa shape index (κ1) is 24.5. The van der Waals surface area contributed by atoms with E-state index < -0.39 is 12.2 Å². The van der Waals surface area contributed by atoms with Crippen molar-refractivity contribution >= 4 is 0 Å². The molecule has 0 radical (unpaired) electrons. The van der Waals surface area contributed by atoms with Crippen LogP contribution in [0.2, 0.25) is 0 Å². The van der Waals surface area contributed by atoms with Crippen molar-refractivity contribution in [3.63, 3.8) is 0 Å². The van der Waals surface area contributed by atoms with Crippen LogP contribution in [0.25, 0.3) is 0 Å². The van der Waals surface area contributed by atoms with Gasteiger partial charge in [-0.1, -0.05) is 83.6 Å². The Labute approximate surface area is 191 Å². The Morgan fingerprint density at radius 3 is 2.29 bits per heavy atom. The molecule has 174 valence electrons. The van der Waals surface area contributed by atoms with Gasteiger partial charge in [0.25, 0.3) is 0 Å². The molecule has 0 aromatic carbocycles. The minimum atomic E-state index is -0.607. The van der Waals surface area contributed by atoms with Crippen LogP contribution in [0.1, 0.15) is 86.5 Å². The van der Waals surface area contributed by atoms with Gasteiger partial charge in [0.1, 0.15) is 0 Å². The topological polar surface area (TPSA) is 40.5 Å². The average Bonchev–Trinajstić information content (AvgIpc) is 3.05. The molecule has 0 spiro atoms. The van der Waals surface area contributed by atoms with Crippen LogP contribution in [0.3, 0.4) is 0 Å². The molecule has 0 amide bonds. The summed E-state index contributed by atoms with van der Waals surface area (Å²) < 4.78 is 0. The summed E-state index contributed by atoms with van der Waals surface area (Å²) in [5.74, 6) is 2.63. The molecule has 0 heterocycles. The number of fused-ring (bicyclic) bond motifs is 1. The van der Waals surface area contributed by atoms with E-state index in [2.05, 4.69) is 72.4 Å². The van der Waals surface area contributed by atoms with Gasteiger partial charge in [0.15, 0.2) is 0 Å². The van der Waals surface area contributed by atoms with Crippen molar-refractivity contribution in [3.05, 3.63) is 47.6 Å². The molecule has 3 fully saturated rings. The molecule has 0 saturated heterocycles. The van der Waals surface area contributed by atoms with Gasteiger partial charge < -0.3 is 10.2 Å². The lowest BCUT2D eigenvalue weighted by molar-refractivity contribution is 0.112. The summed E-state index contributed by atoms with van der Waals surface area (Å²) >= 11 is 0. The van der Waals surface area contributed by atoms with E-state index in [9.17, 15) is 10.2 Å². The van der Waals surface area contributed by atoms with Crippen molar-refractivity contribution in [2.24, 2.45) is 34.5 Å². The van der Waals surface area contributed by atoms with E-state index in [1.54, 1.807) is 5.57 Å². The summed E-state index contributed by atoms with van der Waals surface area (Å²) in [6, 6.07) is 0. The van der Waals surface area contributed by atoms with Gasteiger partial charge in [0, 0.05) is 0 Å². The third-order valence-corrected chi connectivity index (χ3v) is 9.04. The summed E-state index contributed by atoms with van der Waals surface area (Å²) in [6.45, 7) is 18.1. The number of aliphatic hydroxyl groups excluding tert-OH is 2. The molecule has 3 rings (SSSR count). The zero-order valence-electron chi connectivity index (χ0n) is 20.8. The fraction of sp³-hybridized carbons (Fsp3) is 0.724. The Kier molecular flexibility index (Phi) is 7.43. The fourth-order valence-corrected chi connectivity index (χ4v) is 6.33. The van der Waals surface area contributed by atoms with E-state index in [4.69, 9.17) is 0 Å². The SMILES string of the molecule is C=C1[C@H](O)CC(=C/C=C2\CCC[C@@]3(C)C2CCC3[C@H](C)/C=C/[C@@H](C)C(C)(C)C)C[C@H]1O. The summed E-state index contributed by atoms with van der Waals surface area (Å²) in [6.07, 6.45) is 15.9. The predicted octanol–water partition coefficient (Wildman–Crippen LogP) is 7.00. The first-order valence-electron chi connectivity index (χ1n) is 12.5. The second kappa shape index (κ2) is 9.40. The summed E-state index contributed by atoms with van der Waals surface area (Å²) in [4.78, 5) is 0. The Balaban J connectivity index is 1.73. The van der Waals surface area contributed by atoms with Crippen LogP contribution in [-0.2, 0) is 0 Å². The van der Waals surface area contributed by atoms with Crippen LogP contribution < -0.4 is 0 Å². The second-order valence-electron chi connectivity index (χ2n) is 12.1. The lowest BCUT2D eigenvalue weighted by atomic mass is 9.61. The molecule has 0 bridgehead atoms. The molecule has 0 aliphatic heterocycles. The van der Waals surface area contributed by atoms with Gasteiger partial charge in [-0.25, -0.2) is 0 Å². The van der Waals surface area contributed by atoms with Crippen LogP contribution in [0, 0.1) is 34.5 Å². The van der Waals surface area contributed by atoms with Crippen molar-refractivity contribution in [2.75, 3.05) is 0 Å². The fourth-order valence-electron chi connectivity index (χ4n) is 6.33. The van der Waals surface area contributed by atoms with Gasteiger partial charge >= 0.3 is 0 Å². The smallest absolute Gasteiger partial charge is 0.0809 e. The Morgan fingerprint density at radius 1 is 1.03 bits per heavy atom. The quantitative estimate of drug-likeness (QED) is 0.475. The maximum Gasteiger partial charge on any atom is 0.0809 e. The molecule has 3 saturated carbocycles. The van der Waals surface area contributed by atoms with Crippen LogP contribution in [0.5, 0.6) is 0 Å². The van der Waals surface area contributed by atoms with Crippen molar-refractivity contribution < 1.29 is 10.2 Å². The number of rotatable bonds is 4. The van der Waals surface area contributed by atoms with E-state index in [-0.39, 0.29) is 0 Å². The largest absolute Gasteiger partial charge is 0.388 e. The molecule has 0 aromatic rings. The van der Waals surface area contributed by atoms with Gasteiger partial charge in [-0.2, -0.15) is 0 Å². The highest BCUT2D eigenvalue weighted by Gasteiger charge is 2.50. The lowest BCUT2D eigenvalue weighted by Gasteiger charge is -2.44. The van der Waals surface area contributed by atoms with Gasteiger partial charge in [-0.3, -0.25) is 0 Å². The molecule has 2 unspecified atom stereocenters. The van der Waals surface area contributed by atoms with E-state index in [1.165, 1.54) is 32.1 Å². The molecule has 3 aliphatic carbocycles. The van der Waals surface area contributed by atoms with E-state index in [1.807, 2.05) is 0 Å². The molecular weight excluding hydrogens is 380 g/mol. The van der Waals surface area contributed by atoms with Crippen LogP contribution >= 0.6 is 0 Å². The minimum Gasteiger partial charge on any atom is -0.388 e. The van der Waals surface area contributed by atoms with Crippen LogP contribution in [-0.4, -0.2) is 22.4 Å². The van der Waals surface area contributed by atoms with Gasteiger partial charge in [0.05, 0.1) is 12.2 Å². The highest BCUT2D eigenvalue weighted by atomic mass is 16.3. The van der Waals surface area contributed by atoms with E-state index in [0.717, 1.165) is 11.5 Å². The van der Waals surface area contributed by atoms with Gasteiger partial charge in [-0.15, -0.1) is 0 Å².